The summed E-state index contributed by atoms with van der Waals surface area (Å²) in [7, 11) is 0. The second-order valence-electron chi connectivity index (χ2n) is 5.47. The van der Waals surface area contributed by atoms with Crippen molar-refractivity contribution >= 4 is 23.3 Å². The third-order valence-electron chi connectivity index (χ3n) is 3.60. The zero-order valence-corrected chi connectivity index (χ0v) is 13.1. The first-order chi connectivity index (χ1) is 11.5. The maximum Gasteiger partial charge on any atom is 0.256 e. The van der Waals surface area contributed by atoms with Crippen molar-refractivity contribution in [2.75, 3.05) is 0 Å². The van der Waals surface area contributed by atoms with Crippen LogP contribution in [0.1, 0.15) is 45.3 Å². The molecule has 1 fully saturated rings. The number of hydrogen-bond acceptors (Lipinski definition) is 5. The molecule has 0 radical (unpaired) electrons. The Hall–Kier alpha value is -2.38. The van der Waals surface area contributed by atoms with Crippen molar-refractivity contribution in [1.82, 2.24) is 15.3 Å². The van der Waals surface area contributed by atoms with Gasteiger partial charge in [0, 0.05) is 23.9 Å². The summed E-state index contributed by atoms with van der Waals surface area (Å²) in [4.78, 5) is 32.2. The number of hydrogen-bond donors (Lipinski definition) is 2. The van der Waals surface area contributed by atoms with Gasteiger partial charge in [-0.25, -0.2) is 14.4 Å². The molecular weight excluding hydrogens is 337 g/mol. The number of nitrogens with one attached hydrogen (secondary N) is 1. The SMILES string of the molecule is O=C(NC(O)C(=O)c1ccc(Cl)c(F)c1)c1cnc(C2CC2)nc1. The second-order valence-corrected chi connectivity index (χ2v) is 5.88. The van der Waals surface area contributed by atoms with Crippen LogP contribution in [0.5, 0.6) is 0 Å². The zero-order chi connectivity index (χ0) is 17.3. The summed E-state index contributed by atoms with van der Waals surface area (Å²) in [5.74, 6) is -1.30. The van der Waals surface area contributed by atoms with Gasteiger partial charge < -0.3 is 10.4 Å². The van der Waals surface area contributed by atoms with Gasteiger partial charge in [0.1, 0.15) is 11.6 Å². The Bertz CT molecular complexity index is 794. The molecule has 3 rings (SSSR count). The Morgan fingerprint density at radius 2 is 1.92 bits per heavy atom. The van der Waals surface area contributed by atoms with E-state index < -0.39 is 23.7 Å². The Morgan fingerprint density at radius 1 is 1.25 bits per heavy atom. The molecule has 2 N–H and O–H groups in total. The van der Waals surface area contributed by atoms with E-state index in [-0.39, 0.29) is 16.1 Å². The summed E-state index contributed by atoms with van der Waals surface area (Å²) < 4.78 is 13.4. The molecule has 0 aliphatic heterocycles. The summed E-state index contributed by atoms with van der Waals surface area (Å²) in [6.45, 7) is 0. The minimum atomic E-state index is -1.82. The van der Waals surface area contributed by atoms with Crippen molar-refractivity contribution < 1.29 is 19.1 Å². The number of benzene rings is 1. The average molecular weight is 350 g/mol. The predicted octanol–water partition coefficient (Wildman–Crippen LogP) is 2.08. The number of aliphatic hydroxyl groups is 1. The van der Waals surface area contributed by atoms with E-state index in [9.17, 15) is 19.1 Å². The number of carbonyl (C=O) groups is 2. The highest BCUT2D eigenvalue weighted by atomic mass is 35.5. The molecule has 1 aromatic heterocycles. The lowest BCUT2D eigenvalue weighted by Crippen LogP contribution is -2.40. The summed E-state index contributed by atoms with van der Waals surface area (Å²) >= 11 is 5.54. The van der Waals surface area contributed by atoms with Crippen molar-refractivity contribution in [2.45, 2.75) is 25.0 Å². The van der Waals surface area contributed by atoms with Crippen LogP contribution in [0.3, 0.4) is 0 Å². The van der Waals surface area contributed by atoms with Gasteiger partial charge in [-0.2, -0.15) is 0 Å². The third-order valence-corrected chi connectivity index (χ3v) is 3.90. The van der Waals surface area contributed by atoms with Crippen LogP contribution in [0.15, 0.2) is 30.6 Å². The van der Waals surface area contributed by atoms with Crippen molar-refractivity contribution in [3.8, 4) is 0 Å². The quantitative estimate of drug-likeness (QED) is 0.637. The highest BCUT2D eigenvalue weighted by Crippen LogP contribution is 2.37. The number of amides is 1. The van der Waals surface area contributed by atoms with Crippen LogP contribution in [0.4, 0.5) is 4.39 Å². The number of aromatic nitrogens is 2. The monoisotopic (exact) mass is 349 g/mol. The number of rotatable bonds is 5. The van der Waals surface area contributed by atoms with E-state index >= 15 is 0 Å². The van der Waals surface area contributed by atoms with Crippen LogP contribution in [0.2, 0.25) is 5.02 Å². The van der Waals surface area contributed by atoms with E-state index in [1.807, 2.05) is 0 Å². The third kappa shape index (κ3) is 3.58. The number of nitrogens with zero attached hydrogens (tertiary/aromatic N) is 2. The molecule has 1 saturated carbocycles. The fourth-order valence-corrected chi connectivity index (χ4v) is 2.21. The van der Waals surface area contributed by atoms with E-state index in [2.05, 4.69) is 15.3 Å². The first-order valence-corrected chi connectivity index (χ1v) is 7.63. The normalized spacial score (nSPS) is 15.0. The van der Waals surface area contributed by atoms with Gasteiger partial charge in [0.2, 0.25) is 5.78 Å². The van der Waals surface area contributed by atoms with Gasteiger partial charge in [0.25, 0.3) is 5.91 Å². The largest absolute Gasteiger partial charge is 0.367 e. The van der Waals surface area contributed by atoms with Crippen molar-refractivity contribution in [2.24, 2.45) is 0 Å². The molecule has 124 valence electrons. The number of ketones is 1. The van der Waals surface area contributed by atoms with Gasteiger partial charge in [0.15, 0.2) is 6.23 Å². The molecule has 1 atom stereocenters. The molecule has 1 amide bonds. The Morgan fingerprint density at radius 3 is 2.50 bits per heavy atom. The molecule has 0 saturated heterocycles. The van der Waals surface area contributed by atoms with E-state index in [1.54, 1.807) is 0 Å². The molecule has 1 aliphatic carbocycles. The van der Waals surface area contributed by atoms with E-state index in [4.69, 9.17) is 11.6 Å². The molecule has 1 aliphatic rings. The topological polar surface area (TPSA) is 92.2 Å². The molecule has 24 heavy (non-hydrogen) atoms. The van der Waals surface area contributed by atoms with Crippen LogP contribution in [0.25, 0.3) is 0 Å². The van der Waals surface area contributed by atoms with Crippen LogP contribution >= 0.6 is 11.6 Å². The molecule has 1 aromatic carbocycles. The van der Waals surface area contributed by atoms with Crippen LogP contribution < -0.4 is 5.32 Å². The molecular formula is C16H13ClFN3O3. The van der Waals surface area contributed by atoms with Crippen molar-refractivity contribution in [3.63, 3.8) is 0 Å². The summed E-state index contributed by atoms with van der Waals surface area (Å²) in [5, 5.41) is 11.8. The maximum atomic E-state index is 13.4. The van der Waals surface area contributed by atoms with Crippen LogP contribution in [0, 0.1) is 5.82 Å². The molecule has 6 nitrogen and oxygen atoms in total. The van der Waals surface area contributed by atoms with E-state index in [1.165, 1.54) is 24.5 Å². The first-order valence-electron chi connectivity index (χ1n) is 7.26. The molecule has 0 bridgehead atoms. The zero-order valence-electron chi connectivity index (χ0n) is 12.4. The smallest absolute Gasteiger partial charge is 0.256 e. The minimum Gasteiger partial charge on any atom is -0.367 e. The summed E-state index contributed by atoms with van der Waals surface area (Å²) in [6.07, 6.45) is 2.94. The van der Waals surface area contributed by atoms with Gasteiger partial charge in [-0.05, 0) is 31.0 Å². The van der Waals surface area contributed by atoms with Crippen LogP contribution in [-0.2, 0) is 0 Å². The van der Waals surface area contributed by atoms with Gasteiger partial charge in [-0.1, -0.05) is 11.6 Å². The van der Waals surface area contributed by atoms with Gasteiger partial charge in [-0.3, -0.25) is 9.59 Å². The fourth-order valence-electron chi connectivity index (χ4n) is 2.09. The Labute approximate surface area is 141 Å². The molecule has 8 heteroatoms. The minimum absolute atomic E-state index is 0.106. The molecule has 1 heterocycles. The highest BCUT2D eigenvalue weighted by Gasteiger charge is 2.27. The molecule has 1 unspecified atom stereocenters. The van der Waals surface area contributed by atoms with Crippen molar-refractivity contribution in [3.05, 3.63) is 58.4 Å². The standard InChI is InChI=1S/C16H13ClFN3O3/c17-11-4-3-9(5-12(11)18)13(22)16(24)21-15(23)10-6-19-14(20-7-10)8-1-2-8/h3-8,16,24H,1-2H2,(H,21,23). The Balaban J connectivity index is 1.66. The summed E-state index contributed by atoms with van der Waals surface area (Å²) in [5.41, 5.74) is 0.0126. The summed E-state index contributed by atoms with van der Waals surface area (Å²) in [6, 6.07) is 3.35. The van der Waals surface area contributed by atoms with Gasteiger partial charge >= 0.3 is 0 Å². The predicted molar refractivity (Wildman–Crippen MR) is 83.2 cm³/mol. The van der Waals surface area contributed by atoms with E-state index in [0.29, 0.717) is 11.7 Å². The Kier molecular flexibility index (Phi) is 4.55. The fraction of sp³-hybridized carbons (Fsp3) is 0.250. The number of halogens is 2. The number of aliphatic hydroxyl groups excluding tert-OH is 1. The molecule has 0 spiro atoms. The number of Topliss-reactive ketones (excluding diaryl/α,β-unsaturated/α-hetero) is 1. The maximum absolute atomic E-state index is 13.4. The molecule has 2 aromatic rings. The average Bonchev–Trinajstić information content (AvgIpc) is 3.41. The lowest BCUT2D eigenvalue weighted by atomic mass is 10.1. The first kappa shape index (κ1) is 16.5. The lowest BCUT2D eigenvalue weighted by Gasteiger charge is -2.12. The second kappa shape index (κ2) is 6.62. The lowest BCUT2D eigenvalue weighted by molar-refractivity contribution is 0.0607. The van der Waals surface area contributed by atoms with Crippen molar-refractivity contribution in [1.29, 1.82) is 0 Å². The van der Waals surface area contributed by atoms with E-state index in [0.717, 1.165) is 18.9 Å². The van der Waals surface area contributed by atoms with Gasteiger partial charge in [-0.15, -0.1) is 0 Å². The number of carbonyl (C=O) groups excluding carboxylic acids is 2. The highest BCUT2D eigenvalue weighted by molar-refractivity contribution is 6.30. The van der Waals surface area contributed by atoms with Crippen LogP contribution in [-0.4, -0.2) is 33.0 Å². The van der Waals surface area contributed by atoms with Gasteiger partial charge in [0.05, 0.1) is 10.6 Å².